The summed E-state index contributed by atoms with van der Waals surface area (Å²) in [5.74, 6) is 0.792. The standard InChI is InChI=1S/C27H25BFN3O2/c1-26(2)27(3,4)34-28(33-26)20-15-16-21(22(29)17-20)25-31-23(18-11-7-5-8-12-18)30-24(32-25)19-13-9-6-10-14-19/h5-17H,1-4H3. The van der Waals surface area contributed by atoms with Crippen molar-refractivity contribution >= 4 is 12.6 Å². The van der Waals surface area contributed by atoms with E-state index in [0.29, 0.717) is 17.1 Å². The summed E-state index contributed by atoms with van der Waals surface area (Å²) in [5, 5.41) is 0. The molecule has 34 heavy (non-hydrogen) atoms. The average Bonchev–Trinajstić information content (AvgIpc) is 3.06. The van der Waals surface area contributed by atoms with Crippen LogP contribution in [0.3, 0.4) is 0 Å². The van der Waals surface area contributed by atoms with E-state index in [1.54, 1.807) is 12.1 Å². The third-order valence-corrected chi connectivity index (χ3v) is 6.46. The summed E-state index contributed by atoms with van der Waals surface area (Å²) in [7, 11) is -0.647. The van der Waals surface area contributed by atoms with Crippen molar-refractivity contribution in [3.05, 3.63) is 84.7 Å². The topological polar surface area (TPSA) is 57.1 Å². The molecule has 0 saturated carbocycles. The van der Waals surface area contributed by atoms with Crippen molar-refractivity contribution in [2.75, 3.05) is 0 Å². The zero-order chi connectivity index (χ0) is 23.9. The Kier molecular flexibility index (Phi) is 5.54. The molecule has 1 fully saturated rings. The summed E-state index contributed by atoms with van der Waals surface area (Å²) in [6, 6.07) is 24.1. The van der Waals surface area contributed by atoms with Crippen LogP contribution in [0.5, 0.6) is 0 Å². The van der Waals surface area contributed by atoms with Gasteiger partial charge in [-0.25, -0.2) is 19.3 Å². The second-order valence-electron chi connectivity index (χ2n) is 9.37. The molecule has 7 heteroatoms. The Morgan fingerprint density at radius 1 is 0.647 bits per heavy atom. The number of nitrogens with zero attached hydrogens (tertiary/aromatic N) is 3. The van der Waals surface area contributed by atoms with Crippen molar-refractivity contribution in [3.63, 3.8) is 0 Å². The predicted octanol–water partition coefficient (Wildman–Crippen LogP) is 5.31. The van der Waals surface area contributed by atoms with Crippen LogP contribution in [0, 0.1) is 5.82 Å². The highest BCUT2D eigenvalue weighted by Crippen LogP contribution is 2.36. The Hall–Kier alpha value is -3.42. The molecule has 0 aliphatic carbocycles. The lowest BCUT2D eigenvalue weighted by molar-refractivity contribution is 0.00578. The molecule has 1 aliphatic rings. The zero-order valence-electron chi connectivity index (χ0n) is 19.6. The Morgan fingerprint density at radius 3 is 1.59 bits per heavy atom. The summed E-state index contributed by atoms with van der Waals surface area (Å²) >= 11 is 0. The van der Waals surface area contributed by atoms with Crippen LogP contribution in [-0.2, 0) is 9.31 Å². The molecule has 0 amide bonds. The molecule has 2 heterocycles. The number of halogens is 1. The highest BCUT2D eigenvalue weighted by molar-refractivity contribution is 6.62. The average molecular weight is 453 g/mol. The van der Waals surface area contributed by atoms with Crippen molar-refractivity contribution in [2.45, 2.75) is 38.9 Å². The Bertz CT molecular complexity index is 1260. The van der Waals surface area contributed by atoms with E-state index >= 15 is 4.39 Å². The van der Waals surface area contributed by atoms with Crippen LogP contribution >= 0.6 is 0 Å². The first-order valence-electron chi connectivity index (χ1n) is 11.3. The van der Waals surface area contributed by atoms with E-state index in [1.807, 2.05) is 88.4 Å². The largest absolute Gasteiger partial charge is 0.494 e. The van der Waals surface area contributed by atoms with Crippen LogP contribution in [0.2, 0.25) is 0 Å². The lowest BCUT2D eigenvalue weighted by atomic mass is 9.78. The molecule has 1 aliphatic heterocycles. The molecule has 1 saturated heterocycles. The fourth-order valence-electron chi connectivity index (χ4n) is 3.77. The smallest absolute Gasteiger partial charge is 0.399 e. The molecule has 1 aromatic heterocycles. The van der Waals surface area contributed by atoms with Crippen LogP contribution in [0.4, 0.5) is 4.39 Å². The van der Waals surface area contributed by atoms with Crippen LogP contribution in [-0.4, -0.2) is 33.3 Å². The minimum Gasteiger partial charge on any atom is -0.399 e. The van der Waals surface area contributed by atoms with E-state index in [9.17, 15) is 0 Å². The third-order valence-electron chi connectivity index (χ3n) is 6.46. The highest BCUT2D eigenvalue weighted by atomic mass is 19.1. The molecule has 0 N–H and O–H groups in total. The van der Waals surface area contributed by atoms with Crippen molar-refractivity contribution in [1.82, 2.24) is 15.0 Å². The Labute approximate surface area is 199 Å². The van der Waals surface area contributed by atoms with Crippen molar-refractivity contribution in [3.8, 4) is 34.2 Å². The van der Waals surface area contributed by atoms with E-state index in [0.717, 1.165) is 11.1 Å². The fourth-order valence-corrected chi connectivity index (χ4v) is 3.77. The van der Waals surface area contributed by atoms with Gasteiger partial charge in [-0.15, -0.1) is 0 Å². The number of hydrogen-bond donors (Lipinski definition) is 0. The van der Waals surface area contributed by atoms with E-state index in [2.05, 4.69) is 15.0 Å². The molecular formula is C27H25BFN3O2. The van der Waals surface area contributed by atoms with Gasteiger partial charge in [-0.1, -0.05) is 66.7 Å². The van der Waals surface area contributed by atoms with Gasteiger partial charge in [0, 0.05) is 11.1 Å². The Morgan fingerprint density at radius 2 is 1.12 bits per heavy atom. The maximum Gasteiger partial charge on any atom is 0.494 e. The van der Waals surface area contributed by atoms with E-state index < -0.39 is 24.1 Å². The minimum atomic E-state index is -0.647. The molecule has 0 radical (unpaired) electrons. The molecule has 5 rings (SSSR count). The molecule has 0 atom stereocenters. The zero-order valence-corrected chi connectivity index (χ0v) is 19.6. The van der Waals surface area contributed by atoms with E-state index in [-0.39, 0.29) is 11.4 Å². The highest BCUT2D eigenvalue weighted by Gasteiger charge is 2.51. The summed E-state index contributed by atoms with van der Waals surface area (Å²) in [6.07, 6.45) is 0. The quantitative estimate of drug-likeness (QED) is 0.392. The Balaban J connectivity index is 1.57. The van der Waals surface area contributed by atoms with Crippen LogP contribution in [0.25, 0.3) is 34.2 Å². The lowest BCUT2D eigenvalue weighted by Crippen LogP contribution is -2.41. The molecule has 0 bridgehead atoms. The van der Waals surface area contributed by atoms with Gasteiger partial charge in [0.2, 0.25) is 0 Å². The van der Waals surface area contributed by atoms with Gasteiger partial charge < -0.3 is 9.31 Å². The van der Waals surface area contributed by atoms with E-state index in [1.165, 1.54) is 6.07 Å². The number of aromatic nitrogens is 3. The summed E-state index contributed by atoms with van der Waals surface area (Å²) < 4.78 is 27.6. The maximum atomic E-state index is 15.4. The summed E-state index contributed by atoms with van der Waals surface area (Å²) in [4.78, 5) is 13.9. The minimum absolute atomic E-state index is 0.269. The van der Waals surface area contributed by atoms with Gasteiger partial charge in [-0.3, -0.25) is 0 Å². The van der Waals surface area contributed by atoms with Gasteiger partial charge in [0.15, 0.2) is 17.5 Å². The summed E-state index contributed by atoms with van der Waals surface area (Å²) in [5.41, 5.74) is 1.56. The van der Waals surface area contributed by atoms with Gasteiger partial charge in [0.25, 0.3) is 0 Å². The first-order chi connectivity index (χ1) is 16.2. The maximum absolute atomic E-state index is 15.4. The molecule has 0 unspecified atom stereocenters. The third kappa shape index (κ3) is 4.13. The first kappa shape index (κ1) is 22.4. The fraction of sp³-hybridized carbons (Fsp3) is 0.222. The summed E-state index contributed by atoms with van der Waals surface area (Å²) in [6.45, 7) is 7.88. The molecule has 5 nitrogen and oxygen atoms in total. The molecule has 170 valence electrons. The van der Waals surface area contributed by atoms with Gasteiger partial charge in [0.1, 0.15) is 5.82 Å². The van der Waals surface area contributed by atoms with Gasteiger partial charge in [0.05, 0.1) is 16.8 Å². The molecule has 3 aromatic carbocycles. The van der Waals surface area contributed by atoms with Crippen LogP contribution in [0.1, 0.15) is 27.7 Å². The van der Waals surface area contributed by atoms with Gasteiger partial charge >= 0.3 is 7.12 Å². The monoisotopic (exact) mass is 453 g/mol. The molecule has 4 aromatic rings. The van der Waals surface area contributed by atoms with Crippen molar-refractivity contribution in [1.29, 1.82) is 0 Å². The normalized spacial score (nSPS) is 16.6. The van der Waals surface area contributed by atoms with Crippen LogP contribution in [0.15, 0.2) is 78.9 Å². The molecular weight excluding hydrogens is 428 g/mol. The lowest BCUT2D eigenvalue weighted by Gasteiger charge is -2.32. The predicted molar refractivity (Wildman–Crippen MR) is 132 cm³/mol. The number of rotatable bonds is 4. The van der Waals surface area contributed by atoms with Crippen LogP contribution < -0.4 is 5.46 Å². The van der Waals surface area contributed by atoms with E-state index in [4.69, 9.17) is 9.31 Å². The van der Waals surface area contributed by atoms with Gasteiger partial charge in [-0.2, -0.15) is 0 Å². The first-order valence-corrected chi connectivity index (χ1v) is 11.3. The number of hydrogen-bond acceptors (Lipinski definition) is 5. The van der Waals surface area contributed by atoms with Crippen molar-refractivity contribution in [2.24, 2.45) is 0 Å². The second-order valence-corrected chi connectivity index (χ2v) is 9.37. The SMILES string of the molecule is CC1(C)OB(c2ccc(-c3nc(-c4ccccc4)nc(-c4ccccc4)n3)c(F)c2)OC1(C)C. The second kappa shape index (κ2) is 8.42. The number of benzene rings is 3. The van der Waals surface area contributed by atoms with Crippen molar-refractivity contribution < 1.29 is 13.7 Å². The molecule has 0 spiro atoms. The van der Waals surface area contributed by atoms with Gasteiger partial charge in [-0.05, 0) is 45.3 Å².